The van der Waals surface area contributed by atoms with Crippen LogP contribution in [0.3, 0.4) is 0 Å². The van der Waals surface area contributed by atoms with Crippen LogP contribution in [0.4, 0.5) is 0 Å². The van der Waals surface area contributed by atoms with Crippen molar-refractivity contribution in [3.8, 4) is 0 Å². The first-order valence-electron chi connectivity index (χ1n) is 6.79. The van der Waals surface area contributed by atoms with Gasteiger partial charge in [0.25, 0.3) is 0 Å². The maximum atomic E-state index is 4.41. The third-order valence-corrected chi connectivity index (χ3v) is 2.87. The van der Waals surface area contributed by atoms with Gasteiger partial charge in [0.1, 0.15) is 0 Å². The zero-order chi connectivity index (χ0) is 13.1. The zero-order valence-corrected chi connectivity index (χ0v) is 12.2. The van der Waals surface area contributed by atoms with Crippen LogP contribution >= 0.6 is 0 Å². The summed E-state index contributed by atoms with van der Waals surface area (Å²) >= 11 is 0. The number of nitrogens with zero attached hydrogens (tertiary/aromatic N) is 3. The van der Waals surface area contributed by atoms with E-state index in [1.54, 1.807) is 0 Å². The average molecular weight is 237 g/mol. The number of aromatic nitrogens is 3. The van der Waals surface area contributed by atoms with E-state index in [2.05, 4.69) is 56.5 Å². The highest BCUT2D eigenvalue weighted by molar-refractivity contribution is 5.19. The van der Waals surface area contributed by atoms with Gasteiger partial charge in [-0.15, -0.1) is 5.10 Å². The van der Waals surface area contributed by atoms with Crippen molar-refractivity contribution in [2.75, 3.05) is 0 Å². The number of rotatable bonds is 5. The van der Waals surface area contributed by atoms with Gasteiger partial charge in [-0.05, 0) is 18.8 Å². The van der Waals surface area contributed by atoms with E-state index < -0.39 is 0 Å². The van der Waals surface area contributed by atoms with Gasteiger partial charge in [0.2, 0.25) is 0 Å². The second-order valence-electron chi connectivity index (χ2n) is 6.31. The van der Waals surface area contributed by atoms with Crippen LogP contribution in [0.5, 0.6) is 0 Å². The lowest BCUT2D eigenvalue weighted by molar-refractivity contribution is 0.505. The summed E-state index contributed by atoms with van der Waals surface area (Å²) in [7, 11) is 0. The number of hydrogen-bond donors (Lipinski definition) is 0. The molecule has 3 heteroatoms. The van der Waals surface area contributed by atoms with Crippen molar-refractivity contribution in [1.82, 2.24) is 15.0 Å². The van der Waals surface area contributed by atoms with Gasteiger partial charge in [-0.1, -0.05) is 53.2 Å². The van der Waals surface area contributed by atoms with Crippen LogP contribution < -0.4 is 0 Å². The minimum atomic E-state index is 0.0920. The average Bonchev–Trinajstić information content (AvgIpc) is 2.56. The van der Waals surface area contributed by atoms with Crippen molar-refractivity contribution in [2.45, 2.75) is 72.8 Å². The first kappa shape index (κ1) is 14.2. The Balaban J connectivity index is 3.02. The Morgan fingerprint density at radius 1 is 1.24 bits per heavy atom. The summed E-state index contributed by atoms with van der Waals surface area (Å²) in [6.07, 6.45) is 3.45. The molecule has 0 fully saturated rings. The normalized spacial score (nSPS) is 12.4. The fourth-order valence-corrected chi connectivity index (χ4v) is 1.99. The Kier molecular flexibility index (Phi) is 4.72. The predicted molar refractivity (Wildman–Crippen MR) is 72.2 cm³/mol. The number of hydrogen-bond acceptors (Lipinski definition) is 2. The molecule has 1 aromatic rings. The van der Waals surface area contributed by atoms with E-state index in [-0.39, 0.29) is 5.41 Å². The minimum Gasteiger partial charge on any atom is -0.249 e. The lowest BCUT2D eigenvalue weighted by Crippen LogP contribution is -2.17. The summed E-state index contributed by atoms with van der Waals surface area (Å²) in [6.45, 7) is 14.4. The molecule has 0 aromatic carbocycles. The Morgan fingerprint density at radius 2 is 1.88 bits per heavy atom. The third-order valence-electron chi connectivity index (χ3n) is 2.87. The van der Waals surface area contributed by atoms with Gasteiger partial charge in [0.15, 0.2) is 0 Å². The molecule has 1 aromatic heterocycles. The van der Waals surface area contributed by atoms with Crippen molar-refractivity contribution in [3.63, 3.8) is 0 Å². The molecule has 3 nitrogen and oxygen atoms in total. The van der Waals surface area contributed by atoms with E-state index in [0.29, 0.717) is 5.92 Å². The van der Waals surface area contributed by atoms with Crippen LogP contribution in [-0.4, -0.2) is 15.0 Å². The Bertz CT molecular complexity index is 345. The van der Waals surface area contributed by atoms with Gasteiger partial charge in [-0.25, -0.2) is 4.68 Å². The molecule has 0 saturated carbocycles. The Labute approximate surface area is 106 Å². The molecule has 0 aliphatic heterocycles. The topological polar surface area (TPSA) is 30.7 Å². The molecule has 0 saturated heterocycles. The fourth-order valence-electron chi connectivity index (χ4n) is 1.99. The highest BCUT2D eigenvalue weighted by Gasteiger charge is 2.24. The lowest BCUT2D eigenvalue weighted by atomic mass is 9.88. The molecule has 0 amide bonds. The van der Waals surface area contributed by atoms with E-state index in [9.17, 15) is 0 Å². The maximum Gasteiger partial charge on any atom is 0.0912 e. The Morgan fingerprint density at radius 3 is 2.35 bits per heavy atom. The van der Waals surface area contributed by atoms with Crippen molar-refractivity contribution < 1.29 is 0 Å². The van der Waals surface area contributed by atoms with Crippen molar-refractivity contribution in [2.24, 2.45) is 5.92 Å². The standard InChI is InChI=1S/C14H27N3/c1-7-8-9-17-12(10-11(2)3)13(15-16-17)14(4,5)6/h11H,7-10H2,1-6H3. The number of unbranched alkanes of at least 4 members (excludes halogenated alkanes) is 1. The Hall–Kier alpha value is -0.860. The SMILES string of the molecule is CCCCn1nnc(C(C)(C)C)c1CC(C)C. The summed E-state index contributed by atoms with van der Waals surface area (Å²) in [6, 6.07) is 0. The van der Waals surface area contributed by atoms with Gasteiger partial charge >= 0.3 is 0 Å². The molecule has 0 aliphatic carbocycles. The van der Waals surface area contributed by atoms with Gasteiger partial charge < -0.3 is 0 Å². The van der Waals surface area contributed by atoms with Crippen molar-refractivity contribution in [1.29, 1.82) is 0 Å². The molecular formula is C14H27N3. The molecule has 0 spiro atoms. The van der Waals surface area contributed by atoms with Crippen LogP contribution in [0.15, 0.2) is 0 Å². The molecule has 0 N–H and O–H groups in total. The molecular weight excluding hydrogens is 210 g/mol. The highest BCUT2D eigenvalue weighted by Crippen LogP contribution is 2.25. The summed E-state index contributed by atoms with van der Waals surface area (Å²) in [4.78, 5) is 0. The zero-order valence-electron chi connectivity index (χ0n) is 12.2. The van der Waals surface area contributed by atoms with E-state index in [1.165, 1.54) is 24.2 Å². The molecule has 1 heterocycles. The van der Waals surface area contributed by atoms with Crippen molar-refractivity contribution in [3.05, 3.63) is 11.4 Å². The minimum absolute atomic E-state index is 0.0920. The molecule has 0 unspecified atom stereocenters. The van der Waals surface area contributed by atoms with Crippen LogP contribution in [0, 0.1) is 5.92 Å². The summed E-state index contributed by atoms with van der Waals surface area (Å²) in [5.74, 6) is 0.648. The second kappa shape index (κ2) is 5.65. The van der Waals surface area contributed by atoms with E-state index >= 15 is 0 Å². The maximum absolute atomic E-state index is 4.41. The van der Waals surface area contributed by atoms with Crippen LogP contribution in [0.1, 0.15) is 65.8 Å². The molecule has 0 aliphatic rings. The molecule has 0 radical (unpaired) electrons. The fraction of sp³-hybridized carbons (Fsp3) is 0.857. The van der Waals surface area contributed by atoms with Gasteiger partial charge in [-0.3, -0.25) is 0 Å². The monoisotopic (exact) mass is 237 g/mol. The van der Waals surface area contributed by atoms with E-state index in [1.807, 2.05) is 0 Å². The van der Waals surface area contributed by atoms with Crippen LogP contribution in [-0.2, 0) is 18.4 Å². The highest BCUT2D eigenvalue weighted by atomic mass is 15.4. The molecule has 17 heavy (non-hydrogen) atoms. The number of aryl methyl sites for hydroxylation is 1. The first-order valence-corrected chi connectivity index (χ1v) is 6.79. The van der Waals surface area contributed by atoms with E-state index in [0.717, 1.165) is 13.0 Å². The largest absolute Gasteiger partial charge is 0.249 e. The molecule has 0 atom stereocenters. The molecule has 1 rings (SSSR count). The summed E-state index contributed by atoms with van der Waals surface area (Å²) < 4.78 is 2.12. The predicted octanol–water partition coefficient (Wildman–Crippen LogP) is 3.57. The van der Waals surface area contributed by atoms with Crippen molar-refractivity contribution >= 4 is 0 Å². The summed E-state index contributed by atoms with van der Waals surface area (Å²) in [5.41, 5.74) is 2.59. The quantitative estimate of drug-likeness (QED) is 0.783. The van der Waals surface area contributed by atoms with Crippen LogP contribution in [0.25, 0.3) is 0 Å². The summed E-state index contributed by atoms with van der Waals surface area (Å²) in [5, 5.41) is 8.75. The van der Waals surface area contributed by atoms with Crippen LogP contribution in [0.2, 0.25) is 0 Å². The molecule has 98 valence electrons. The third kappa shape index (κ3) is 3.83. The van der Waals surface area contributed by atoms with Gasteiger partial charge in [-0.2, -0.15) is 0 Å². The van der Waals surface area contributed by atoms with E-state index in [4.69, 9.17) is 0 Å². The van der Waals surface area contributed by atoms with Gasteiger partial charge in [0.05, 0.1) is 11.4 Å². The first-order chi connectivity index (χ1) is 7.86. The van der Waals surface area contributed by atoms with Gasteiger partial charge in [0, 0.05) is 12.0 Å². The second-order valence-corrected chi connectivity index (χ2v) is 6.31. The lowest BCUT2D eigenvalue weighted by Gasteiger charge is -2.18. The molecule has 0 bridgehead atoms. The smallest absolute Gasteiger partial charge is 0.0912 e.